The minimum atomic E-state index is 0.585. The lowest BCUT2D eigenvalue weighted by Crippen LogP contribution is -2.33. The molecule has 1 aliphatic rings. The Bertz CT molecular complexity index is 590. The molecule has 1 fully saturated rings. The molecular formula is C18H21NOS. The SMILES string of the molecule is COc1cccc(C2CC(Nc3ccc(SC)cc3)C2)c1. The lowest BCUT2D eigenvalue weighted by atomic mass is 9.76. The molecule has 1 aliphatic carbocycles. The van der Waals surface area contributed by atoms with Gasteiger partial charge < -0.3 is 10.1 Å². The Kier molecular flexibility index (Phi) is 4.39. The van der Waals surface area contributed by atoms with Crippen LogP contribution in [0.15, 0.2) is 53.4 Å². The number of rotatable bonds is 5. The van der Waals surface area contributed by atoms with Gasteiger partial charge in [-0.05, 0) is 67.0 Å². The molecule has 0 bridgehead atoms. The number of methoxy groups -OCH3 is 1. The van der Waals surface area contributed by atoms with Crippen LogP contribution in [-0.2, 0) is 0 Å². The van der Waals surface area contributed by atoms with E-state index in [4.69, 9.17) is 4.74 Å². The number of anilines is 1. The van der Waals surface area contributed by atoms with E-state index in [1.807, 2.05) is 6.07 Å². The number of hydrogen-bond donors (Lipinski definition) is 1. The number of benzene rings is 2. The van der Waals surface area contributed by atoms with Gasteiger partial charge in [-0.3, -0.25) is 0 Å². The molecule has 0 heterocycles. The molecule has 0 unspecified atom stereocenters. The van der Waals surface area contributed by atoms with Gasteiger partial charge in [0.2, 0.25) is 0 Å². The van der Waals surface area contributed by atoms with Crippen LogP contribution >= 0.6 is 11.8 Å². The Balaban J connectivity index is 1.55. The summed E-state index contributed by atoms with van der Waals surface area (Å²) in [5, 5.41) is 3.62. The van der Waals surface area contributed by atoms with Gasteiger partial charge in [-0.1, -0.05) is 12.1 Å². The minimum Gasteiger partial charge on any atom is -0.497 e. The van der Waals surface area contributed by atoms with Crippen molar-refractivity contribution in [3.63, 3.8) is 0 Å². The maximum atomic E-state index is 5.30. The summed E-state index contributed by atoms with van der Waals surface area (Å²) in [7, 11) is 1.72. The fourth-order valence-corrected chi connectivity index (χ4v) is 3.23. The second kappa shape index (κ2) is 6.44. The first kappa shape index (κ1) is 14.3. The third-order valence-corrected chi connectivity index (χ3v) is 4.91. The normalized spacial score (nSPS) is 20.7. The Morgan fingerprint density at radius 3 is 2.52 bits per heavy atom. The van der Waals surface area contributed by atoms with Crippen molar-refractivity contribution in [2.24, 2.45) is 0 Å². The van der Waals surface area contributed by atoms with E-state index < -0.39 is 0 Å². The van der Waals surface area contributed by atoms with Crippen LogP contribution in [0, 0.1) is 0 Å². The molecule has 0 amide bonds. The molecule has 0 saturated heterocycles. The molecule has 0 radical (unpaired) electrons. The zero-order valence-electron chi connectivity index (χ0n) is 12.5. The predicted octanol–water partition coefficient (Wildman–Crippen LogP) is 4.78. The molecule has 110 valence electrons. The first-order chi connectivity index (χ1) is 10.3. The van der Waals surface area contributed by atoms with Gasteiger partial charge in [-0.15, -0.1) is 11.8 Å². The second-order valence-electron chi connectivity index (χ2n) is 5.51. The minimum absolute atomic E-state index is 0.585. The lowest BCUT2D eigenvalue weighted by Gasteiger charge is -2.37. The van der Waals surface area contributed by atoms with Crippen LogP contribution in [-0.4, -0.2) is 19.4 Å². The summed E-state index contributed by atoms with van der Waals surface area (Å²) in [5.41, 5.74) is 2.62. The van der Waals surface area contributed by atoms with Crippen molar-refractivity contribution in [3.05, 3.63) is 54.1 Å². The summed E-state index contributed by atoms with van der Waals surface area (Å²) in [6.45, 7) is 0. The van der Waals surface area contributed by atoms with E-state index in [1.54, 1.807) is 18.9 Å². The fraction of sp³-hybridized carbons (Fsp3) is 0.333. The van der Waals surface area contributed by atoms with Crippen LogP contribution in [0.25, 0.3) is 0 Å². The zero-order chi connectivity index (χ0) is 14.7. The number of hydrogen-bond acceptors (Lipinski definition) is 3. The Labute approximate surface area is 130 Å². The van der Waals surface area contributed by atoms with Crippen molar-refractivity contribution in [1.82, 2.24) is 0 Å². The molecule has 0 atom stereocenters. The van der Waals surface area contributed by atoms with Crippen molar-refractivity contribution >= 4 is 17.4 Å². The van der Waals surface area contributed by atoms with Gasteiger partial charge in [0.1, 0.15) is 5.75 Å². The molecular weight excluding hydrogens is 278 g/mol. The fourth-order valence-electron chi connectivity index (χ4n) is 2.83. The highest BCUT2D eigenvalue weighted by atomic mass is 32.2. The van der Waals surface area contributed by atoms with Crippen LogP contribution in [0.5, 0.6) is 5.75 Å². The molecule has 3 rings (SSSR count). The average molecular weight is 299 g/mol. The molecule has 2 nitrogen and oxygen atoms in total. The van der Waals surface area contributed by atoms with Crippen LogP contribution < -0.4 is 10.1 Å². The highest BCUT2D eigenvalue weighted by Crippen LogP contribution is 2.39. The van der Waals surface area contributed by atoms with Crippen LogP contribution in [0.4, 0.5) is 5.69 Å². The molecule has 1 N–H and O–H groups in total. The molecule has 3 heteroatoms. The van der Waals surface area contributed by atoms with Crippen molar-refractivity contribution in [2.45, 2.75) is 29.7 Å². The molecule has 0 spiro atoms. The summed E-state index contributed by atoms with van der Waals surface area (Å²) >= 11 is 1.78. The summed E-state index contributed by atoms with van der Waals surface area (Å²) in [6, 6.07) is 17.7. The molecule has 0 aromatic heterocycles. The molecule has 1 saturated carbocycles. The summed E-state index contributed by atoms with van der Waals surface area (Å²) < 4.78 is 5.30. The van der Waals surface area contributed by atoms with Gasteiger partial charge in [0.25, 0.3) is 0 Å². The van der Waals surface area contributed by atoms with Crippen LogP contribution in [0.2, 0.25) is 0 Å². The van der Waals surface area contributed by atoms with Gasteiger partial charge in [-0.25, -0.2) is 0 Å². The first-order valence-corrected chi connectivity index (χ1v) is 8.55. The Hall–Kier alpha value is -1.61. The van der Waals surface area contributed by atoms with E-state index in [2.05, 4.69) is 54.0 Å². The monoisotopic (exact) mass is 299 g/mol. The van der Waals surface area contributed by atoms with Gasteiger partial charge in [0.15, 0.2) is 0 Å². The topological polar surface area (TPSA) is 21.3 Å². The first-order valence-electron chi connectivity index (χ1n) is 7.33. The van der Waals surface area contributed by atoms with Gasteiger partial charge in [0, 0.05) is 16.6 Å². The van der Waals surface area contributed by atoms with Gasteiger partial charge in [-0.2, -0.15) is 0 Å². The summed E-state index contributed by atoms with van der Waals surface area (Å²) in [4.78, 5) is 1.31. The lowest BCUT2D eigenvalue weighted by molar-refractivity contribution is 0.370. The third-order valence-electron chi connectivity index (χ3n) is 4.16. The molecule has 0 aliphatic heterocycles. The number of thioether (sulfide) groups is 1. The predicted molar refractivity (Wildman–Crippen MR) is 90.6 cm³/mol. The van der Waals surface area contributed by atoms with Gasteiger partial charge in [0.05, 0.1) is 7.11 Å². The quantitative estimate of drug-likeness (QED) is 0.803. The molecule has 2 aromatic rings. The highest BCUT2D eigenvalue weighted by Gasteiger charge is 2.30. The van der Waals surface area contributed by atoms with E-state index in [9.17, 15) is 0 Å². The smallest absolute Gasteiger partial charge is 0.119 e. The molecule has 2 aromatic carbocycles. The van der Waals surface area contributed by atoms with Crippen molar-refractivity contribution in [3.8, 4) is 5.75 Å². The maximum absolute atomic E-state index is 5.30. The van der Waals surface area contributed by atoms with E-state index >= 15 is 0 Å². The Morgan fingerprint density at radius 1 is 1.10 bits per heavy atom. The standard InChI is InChI=1S/C18H21NOS/c1-20-17-5-3-4-13(12-17)14-10-16(11-14)19-15-6-8-18(21-2)9-7-15/h3-9,12,14,16,19H,10-11H2,1-2H3. The number of nitrogens with one attached hydrogen (secondary N) is 1. The maximum Gasteiger partial charge on any atom is 0.119 e. The van der Waals surface area contributed by atoms with Crippen molar-refractivity contribution in [2.75, 3.05) is 18.7 Å². The van der Waals surface area contributed by atoms with E-state index in [1.165, 1.54) is 29.0 Å². The highest BCUT2D eigenvalue weighted by molar-refractivity contribution is 7.98. The van der Waals surface area contributed by atoms with E-state index in [-0.39, 0.29) is 0 Å². The largest absolute Gasteiger partial charge is 0.497 e. The summed E-state index contributed by atoms with van der Waals surface area (Å²) in [6.07, 6.45) is 4.49. The average Bonchev–Trinajstić information content (AvgIpc) is 2.51. The summed E-state index contributed by atoms with van der Waals surface area (Å²) in [5.74, 6) is 1.61. The van der Waals surface area contributed by atoms with Crippen molar-refractivity contribution < 1.29 is 4.74 Å². The van der Waals surface area contributed by atoms with Crippen LogP contribution in [0.3, 0.4) is 0 Å². The number of ether oxygens (including phenoxy) is 1. The van der Waals surface area contributed by atoms with Gasteiger partial charge >= 0.3 is 0 Å². The molecule has 21 heavy (non-hydrogen) atoms. The van der Waals surface area contributed by atoms with E-state index in [0.717, 1.165) is 5.75 Å². The third kappa shape index (κ3) is 3.35. The zero-order valence-corrected chi connectivity index (χ0v) is 13.3. The van der Waals surface area contributed by atoms with Crippen molar-refractivity contribution in [1.29, 1.82) is 0 Å². The second-order valence-corrected chi connectivity index (χ2v) is 6.39. The van der Waals surface area contributed by atoms with E-state index in [0.29, 0.717) is 12.0 Å². The Morgan fingerprint density at radius 2 is 1.86 bits per heavy atom. The van der Waals surface area contributed by atoms with Crippen LogP contribution in [0.1, 0.15) is 24.3 Å².